The molecule has 3 unspecified atom stereocenters. The zero-order valence-corrected chi connectivity index (χ0v) is 21.9. The minimum Gasteiger partial charge on any atom is -0.305 e. The van der Waals surface area contributed by atoms with Crippen molar-refractivity contribution in [3.8, 4) is 0 Å². The molecular weight excluding hydrogens is 439 g/mol. The van der Waals surface area contributed by atoms with Crippen LogP contribution < -0.4 is 5.30 Å². The van der Waals surface area contributed by atoms with Gasteiger partial charge in [-0.25, -0.2) is 0 Å². The molecule has 0 bridgehead atoms. The zero-order chi connectivity index (χ0) is 24.4. The molecule has 0 saturated heterocycles. The molecule has 34 heavy (non-hydrogen) atoms. The van der Waals surface area contributed by atoms with Gasteiger partial charge in [0.05, 0.1) is 18.5 Å². The lowest BCUT2D eigenvalue weighted by Gasteiger charge is -2.27. The van der Waals surface area contributed by atoms with E-state index in [1.54, 1.807) is 0 Å². The summed E-state index contributed by atoms with van der Waals surface area (Å²) in [5.41, 5.74) is 3.93. The molecule has 0 aliphatic heterocycles. The molecule has 182 valence electrons. The summed E-state index contributed by atoms with van der Waals surface area (Å²) in [5, 5.41) is 0.617. The molecule has 3 rings (SSSR count). The Kier molecular flexibility index (Phi) is 10.1. The molecule has 4 heteroatoms. The first kappa shape index (κ1) is 26.4. The van der Waals surface area contributed by atoms with E-state index in [-0.39, 0.29) is 5.92 Å². The Balaban J connectivity index is 1.97. The second-order valence-corrected chi connectivity index (χ2v) is 11.0. The molecule has 0 heterocycles. The van der Waals surface area contributed by atoms with Crippen LogP contribution in [0.2, 0.25) is 0 Å². The van der Waals surface area contributed by atoms with E-state index in [0.717, 1.165) is 12.8 Å². The molecule has 3 aromatic rings. The van der Waals surface area contributed by atoms with E-state index in [0.29, 0.717) is 30.4 Å². The second-order valence-electron chi connectivity index (χ2n) is 8.98. The number of hydrogen-bond donors (Lipinski definition) is 0. The lowest BCUT2D eigenvalue weighted by Crippen LogP contribution is -2.14. The van der Waals surface area contributed by atoms with E-state index in [1.165, 1.54) is 23.1 Å². The molecule has 3 atom stereocenters. The monoisotopic (exact) mass is 478 g/mol. The van der Waals surface area contributed by atoms with Gasteiger partial charge in [0.15, 0.2) is 0 Å². The summed E-state index contributed by atoms with van der Waals surface area (Å²) in [6.45, 7) is 9.00. The van der Waals surface area contributed by atoms with E-state index >= 15 is 0 Å². The highest BCUT2D eigenvalue weighted by Crippen LogP contribution is 2.47. The highest BCUT2D eigenvalue weighted by molar-refractivity contribution is 7.62. The average Bonchev–Trinajstić information content (AvgIpc) is 2.88. The van der Waals surface area contributed by atoms with Crippen LogP contribution in [0, 0.1) is 5.92 Å². The van der Waals surface area contributed by atoms with Gasteiger partial charge in [-0.1, -0.05) is 93.1 Å². The maximum atomic E-state index is 13.2. The normalized spacial score (nSPS) is 14.5. The predicted molar refractivity (Wildman–Crippen MR) is 143 cm³/mol. The first-order valence-corrected chi connectivity index (χ1v) is 14.1. The molecule has 0 aromatic heterocycles. The summed E-state index contributed by atoms with van der Waals surface area (Å²) in [6, 6.07) is 29.7. The molecule has 0 fully saturated rings. The summed E-state index contributed by atoms with van der Waals surface area (Å²) in [5.74, 6) is 1.36. The van der Waals surface area contributed by atoms with Crippen LogP contribution in [-0.4, -0.2) is 13.2 Å². The summed E-state index contributed by atoms with van der Waals surface area (Å²) >= 11 is 0. The Morgan fingerprint density at radius 1 is 0.676 bits per heavy atom. The van der Waals surface area contributed by atoms with Gasteiger partial charge < -0.3 is 9.05 Å². The quantitative estimate of drug-likeness (QED) is 0.232. The Labute approximate surface area is 206 Å². The first-order valence-electron chi connectivity index (χ1n) is 12.6. The standard InChI is InChI=1S/C30H39O3P/c1-5-24(4)22-28(25-14-10-8-11-15-25)23-30(26-16-12-9-13-17-26)27-18-20-29(21-19-27)34(31,32-6-2)33-7-3/h8-21,24,28,30H,5-7,22-23H2,1-4H3. The Morgan fingerprint density at radius 3 is 1.68 bits per heavy atom. The topological polar surface area (TPSA) is 35.5 Å². The summed E-state index contributed by atoms with van der Waals surface area (Å²) in [6.07, 6.45) is 3.36. The van der Waals surface area contributed by atoms with Gasteiger partial charge in [0.25, 0.3) is 0 Å². The van der Waals surface area contributed by atoms with E-state index in [1.807, 2.05) is 26.0 Å². The predicted octanol–water partition coefficient (Wildman–Crippen LogP) is 8.32. The molecule has 0 N–H and O–H groups in total. The minimum atomic E-state index is -3.29. The number of benzene rings is 3. The summed E-state index contributed by atoms with van der Waals surface area (Å²) in [7, 11) is -3.29. The van der Waals surface area contributed by atoms with Crippen molar-refractivity contribution in [2.45, 2.75) is 58.8 Å². The number of rotatable bonds is 13. The third-order valence-corrected chi connectivity index (χ3v) is 8.71. The van der Waals surface area contributed by atoms with Gasteiger partial charge in [-0.2, -0.15) is 0 Å². The summed E-state index contributed by atoms with van der Waals surface area (Å²) < 4.78 is 24.3. The van der Waals surface area contributed by atoms with Crippen LogP contribution >= 0.6 is 7.60 Å². The molecular formula is C30H39O3P. The van der Waals surface area contributed by atoms with Crippen molar-refractivity contribution in [3.63, 3.8) is 0 Å². The van der Waals surface area contributed by atoms with Gasteiger partial charge in [0.2, 0.25) is 0 Å². The third kappa shape index (κ3) is 6.92. The van der Waals surface area contributed by atoms with Crippen LogP contribution in [0.25, 0.3) is 0 Å². The van der Waals surface area contributed by atoms with Crippen molar-refractivity contribution in [1.82, 2.24) is 0 Å². The van der Waals surface area contributed by atoms with Crippen molar-refractivity contribution in [2.75, 3.05) is 13.2 Å². The SMILES string of the molecule is CCOP(=O)(OCC)c1ccc(C(CC(CC(C)CC)c2ccccc2)c2ccccc2)cc1. The average molecular weight is 479 g/mol. The third-order valence-electron chi connectivity index (χ3n) is 6.59. The minimum absolute atomic E-state index is 0.239. The zero-order valence-electron chi connectivity index (χ0n) is 21.0. The fourth-order valence-corrected chi connectivity index (χ4v) is 6.16. The lowest BCUT2D eigenvalue weighted by molar-refractivity contribution is 0.230. The largest absolute Gasteiger partial charge is 0.361 e. The first-order chi connectivity index (χ1) is 16.5. The van der Waals surface area contributed by atoms with Crippen LogP contribution in [0.1, 0.15) is 75.5 Å². The van der Waals surface area contributed by atoms with Gasteiger partial charge in [-0.05, 0) is 67.3 Å². The Morgan fingerprint density at radius 2 is 1.18 bits per heavy atom. The van der Waals surface area contributed by atoms with Crippen molar-refractivity contribution >= 4 is 12.9 Å². The summed E-state index contributed by atoms with van der Waals surface area (Å²) in [4.78, 5) is 0. The van der Waals surface area contributed by atoms with Crippen LogP contribution in [0.4, 0.5) is 0 Å². The molecule has 3 nitrogen and oxygen atoms in total. The van der Waals surface area contributed by atoms with Gasteiger partial charge in [-0.3, -0.25) is 4.57 Å². The second kappa shape index (κ2) is 13.0. The molecule has 0 spiro atoms. The van der Waals surface area contributed by atoms with Crippen LogP contribution in [-0.2, 0) is 13.6 Å². The lowest BCUT2D eigenvalue weighted by atomic mass is 9.77. The molecule has 0 saturated carbocycles. The van der Waals surface area contributed by atoms with Crippen LogP contribution in [0.15, 0.2) is 84.9 Å². The molecule has 0 radical (unpaired) electrons. The highest BCUT2D eigenvalue weighted by Gasteiger charge is 2.28. The van der Waals surface area contributed by atoms with E-state index in [2.05, 4.69) is 86.6 Å². The molecule has 0 aliphatic carbocycles. The maximum Gasteiger partial charge on any atom is 0.361 e. The molecule has 3 aromatic carbocycles. The molecule has 0 aliphatic rings. The van der Waals surface area contributed by atoms with Crippen LogP contribution in [0.5, 0.6) is 0 Å². The van der Waals surface area contributed by atoms with Gasteiger partial charge in [-0.15, -0.1) is 0 Å². The fraction of sp³-hybridized carbons (Fsp3) is 0.400. The van der Waals surface area contributed by atoms with Gasteiger partial charge in [0, 0.05) is 5.92 Å². The Bertz CT molecular complexity index is 1010. The van der Waals surface area contributed by atoms with Crippen molar-refractivity contribution in [3.05, 3.63) is 102 Å². The smallest absolute Gasteiger partial charge is 0.305 e. The van der Waals surface area contributed by atoms with Crippen molar-refractivity contribution < 1.29 is 13.6 Å². The van der Waals surface area contributed by atoms with Crippen LogP contribution in [0.3, 0.4) is 0 Å². The van der Waals surface area contributed by atoms with Crippen molar-refractivity contribution in [2.24, 2.45) is 5.92 Å². The molecule has 0 amide bonds. The number of hydrogen-bond acceptors (Lipinski definition) is 3. The van der Waals surface area contributed by atoms with E-state index in [4.69, 9.17) is 9.05 Å². The highest BCUT2D eigenvalue weighted by atomic mass is 31.2. The fourth-order valence-electron chi connectivity index (χ4n) is 4.60. The van der Waals surface area contributed by atoms with Gasteiger partial charge >= 0.3 is 7.60 Å². The van der Waals surface area contributed by atoms with Gasteiger partial charge in [0.1, 0.15) is 0 Å². The van der Waals surface area contributed by atoms with E-state index < -0.39 is 7.60 Å². The maximum absolute atomic E-state index is 13.2. The van der Waals surface area contributed by atoms with E-state index in [9.17, 15) is 4.57 Å². The Hall–Kier alpha value is -2.19. The van der Waals surface area contributed by atoms with Crippen molar-refractivity contribution in [1.29, 1.82) is 0 Å².